The normalized spacial score (nSPS) is 12.3. The number of amides is 1. The van der Waals surface area contributed by atoms with Crippen molar-refractivity contribution in [1.82, 2.24) is 15.5 Å². The van der Waals surface area contributed by atoms with Gasteiger partial charge in [0.1, 0.15) is 6.04 Å². The fourth-order valence-electron chi connectivity index (χ4n) is 1.60. The van der Waals surface area contributed by atoms with Crippen molar-refractivity contribution in [3.8, 4) is 0 Å². The van der Waals surface area contributed by atoms with Gasteiger partial charge in [-0.25, -0.2) is 4.98 Å². The van der Waals surface area contributed by atoms with E-state index in [0.29, 0.717) is 23.2 Å². The summed E-state index contributed by atoms with van der Waals surface area (Å²) in [5.41, 5.74) is 1.35. The smallest absolute Gasteiger partial charge is 0.325 e. The number of hydrogen-bond acceptors (Lipinski definition) is 5. The van der Waals surface area contributed by atoms with E-state index in [2.05, 4.69) is 15.5 Å². The summed E-state index contributed by atoms with van der Waals surface area (Å²) < 4.78 is 5.01. The van der Waals surface area contributed by atoms with Gasteiger partial charge in [0.2, 0.25) is 0 Å². The molecule has 0 radical (unpaired) electrons. The van der Waals surface area contributed by atoms with Crippen LogP contribution in [0.5, 0.6) is 0 Å². The number of carboxylic acid groups (broad SMARTS) is 1. The molecule has 2 aromatic heterocycles. The van der Waals surface area contributed by atoms with Crippen molar-refractivity contribution in [3.63, 3.8) is 0 Å². The third-order valence-electron chi connectivity index (χ3n) is 2.72. The van der Waals surface area contributed by atoms with Crippen molar-refractivity contribution in [2.75, 3.05) is 0 Å². The van der Waals surface area contributed by atoms with Gasteiger partial charge in [0.25, 0.3) is 11.6 Å². The molecule has 2 aromatic rings. The minimum atomic E-state index is -1.10. The number of fused-ring (bicyclic) bond motifs is 1. The number of nitrogens with zero attached hydrogens (tertiary/aromatic N) is 2. The van der Waals surface area contributed by atoms with Crippen LogP contribution in [0.3, 0.4) is 0 Å². The molecule has 2 N–H and O–H groups in total. The maximum atomic E-state index is 11.9. The fraction of sp³-hybridized carbons (Fsp3) is 0.333. The summed E-state index contributed by atoms with van der Waals surface area (Å²) in [6.07, 6.45) is 1.99. The van der Waals surface area contributed by atoms with Gasteiger partial charge in [0, 0.05) is 6.20 Å². The Morgan fingerprint density at radius 2 is 2.26 bits per heavy atom. The van der Waals surface area contributed by atoms with Gasteiger partial charge >= 0.3 is 5.97 Å². The quantitative estimate of drug-likeness (QED) is 0.852. The summed E-state index contributed by atoms with van der Waals surface area (Å²) in [5, 5.41) is 15.6. The third kappa shape index (κ3) is 2.54. The van der Waals surface area contributed by atoms with Crippen molar-refractivity contribution in [1.29, 1.82) is 0 Å². The molecule has 0 bridgehead atoms. The van der Waals surface area contributed by atoms with Crippen molar-refractivity contribution in [2.24, 2.45) is 0 Å². The number of aliphatic carboxylic acids is 1. The lowest BCUT2D eigenvalue weighted by Crippen LogP contribution is -2.38. The molecule has 1 amide bonds. The molecule has 7 heteroatoms. The molecule has 7 nitrogen and oxygen atoms in total. The molecule has 0 spiro atoms. The van der Waals surface area contributed by atoms with E-state index in [4.69, 9.17) is 9.63 Å². The molecule has 2 heterocycles. The molecular formula is C12H13N3O4. The fourth-order valence-corrected chi connectivity index (χ4v) is 1.60. The van der Waals surface area contributed by atoms with E-state index in [1.807, 2.05) is 6.92 Å². The van der Waals surface area contributed by atoms with Crippen molar-refractivity contribution >= 4 is 23.0 Å². The minimum Gasteiger partial charge on any atom is -0.480 e. The Bertz CT molecular complexity index is 635. The number of nitrogens with one attached hydrogen (secondary N) is 1. The van der Waals surface area contributed by atoms with Crippen LogP contribution in [-0.2, 0) is 11.2 Å². The SMILES string of the molecule is CCc1noc2ncc(C(=O)NC(C)C(=O)O)cc12. The van der Waals surface area contributed by atoms with Crippen LogP contribution in [0.15, 0.2) is 16.8 Å². The standard InChI is InChI=1S/C12H13N3O4/c1-3-9-8-4-7(5-13-11(8)19-15-9)10(16)14-6(2)12(17)18/h4-6H,3H2,1-2H3,(H,14,16)(H,17,18). The third-order valence-corrected chi connectivity index (χ3v) is 2.72. The molecule has 2 rings (SSSR count). The molecule has 0 aromatic carbocycles. The highest BCUT2D eigenvalue weighted by Crippen LogP contribution is 2.18. The maximum absolute atomic E-state index is 11.9. The van der Waals surface area contributed by atoms with Gasteiger partial charge in [-0.1, -0.05) is 12.1 Å². The van der Waals surface area contributed by atoms with Crippen LogP contribution >= 0.6 is 0 Å². The van der Waals surface area contributed by atoms with Crippen molar-refractivity contribution in [3.05, 3.63) is 23.5 Å². The molecule has 1 atom stereocenters. The first-order valence-corrected chi connectivity index (χ1v) is 5.81. The Balaban J connectivity index is 2.29. The zero-order valence-electron chi connectivity index (χ0n) is 10.5. The molecule has 1 unspecified atom stereocenters. The predicted molar refractivity (Wildman–Crippen MR) is 65.7 cm³/mol. The van der Waals surface area contributed by atoms with Gasteiger partial charge in [0.15, 0.2) is 0 Å². The Morgan fingerprint density at radius 1 is 1.53 bits per heavy atom. The second-order valence-corrected chi connectivity index (χ2v) is 4.09. The van der Waals surface area contributed by atoms with Crippen LogP contribution in [0.25, 0.3) is 11.1 Å². The van der Waals surface area contributed by atoms with E-state index in [1.54, 1.807) is 6.07 Å². The summed E-state index contributed by atoms with van der Waals surface area (Å²) in [6, 6.07) is 0.637. The number of carboxylic acids is 1. The van der Waals surface area contributed by atoms with Crippen LogP contribution in [0.4, 0.5) is 0 Å². The van der Waals surface area contributed by atoms with Gasteiger partial charge in [-0.2, -0.15) is 0 Å². The number of rotatable bonds is 4. The Morgan fingerprint density at radius 3 is 2.89 bits per heavy atom. The van der Waals surface area contributed by atoms with E-state index in [0.717, 1.165) is 0 Å². The van der Waals surface area contributed by atoms with Crippen LogP contribution in [-0.4, -0.2) is 33.2 Å². The number of carbonyl (C=O) groups excluding carboxylic acids is 1. The van der Waals surface area contributed by atoms with E-state index in [9.17, 15) is 9.59 Å². The van der Waals surface area contributed by atoms with Gasteiger partial charge in [-0.05, 0) is 19.4 Å². The molecule has 19 heavy (non-hydrogen) atoms. The highest BCUT2D eigenvalue weighted by molar-refractivity contribution is 5.98. The maximum Gasteiger partial charge on any atom is 0.325 e. The van der Waals surface area contributed by atoms with Crippen LogP contribution in [0, 0.1) is 0 Å². The molecular weight excluding hydrogens is 250 g/mol. The summed E-state index contributed by atoms with van der Waals surface area (Å²) in [7, 11) is 0. The van der Waals surface area contributed by atoms with E-state index >= 15 is 0 Å². The molecule has 0 saturated heterocycles. The van der Waals surface area contributed by atoms with E-state index in [1.165, 1.54) is 13.1 Å². The predicted octanol–water partition coefficient (Wildman–Crippen LogP) is 0.988. The molecule has 0 saturated carbocycles. The second-order valence-electron chi connectivity index (χ2n) is 4.09. The van der Waals surface area contributed by atoms with Gasteiger partial charge in [-0.15, -0.1) is 0 Å². The molecule has 0 aliphatic carbocycles. The van der Waals surface area contributed by atoms with Gasteiger partial charge < -0.3 is 14.9 Å². The van der Waals surface area contributed by atoms with Crippen LogP contribution < -0.4 is 5.32 Å². The lowest BCUT2D eigenvalue weighted by Gasteiger charge is -2.08. The Hall–Kier alpha value is -2.44. The summed E-state index contributed by atoms with van der Waals surface area (Å²) in [4.78, 5) is 26.5. The monoisotopic (exact) mass is 263 g/mol. The van der Waals surface area contributed by atoms with E-state index < -0.39 is 17.9 Å². The first kappa shape index (κ1) is 13.0. The first-order valence-electron chi connectivity index (χ1n) is 5.81. The van der Waals surface area contributed by atoms with Gasteiger partial charge in [-0.3, -0.25) is 9.59 Å². The minimum absolute atomic E-state index is 0.276. The highest BCUT2D eigenvalue weighted by atomic mass is 16.5. The highest BCUT2D eigenvalue weighted by Gasteiger charge is 2.17. The zero-order valence-corrected chi connectivity index (χ0v) is 10.5. The number of aromatic nitrogens is 2. The number of hydrogen-bond donors (Lipinski definition) is 2. The molecule has 0 aliphatic rings. The van der Waals surface area contributed by atoms with Crippen molar-refractivity contribution in [2.45, 2.75) is 26.3 Å². The topological polar surface area (TPSA) is 105 Å². The largest absolute Gasteiger partial charge is 0.480 e. The summed E-state index contributed by atoms with van der Waals surface area (Å²) >= 11 is 0. The average Bonchev–Trinajstić information content (AvgIpc) is 2.80. The molecule has 0 aliphatic heterocycles. The summed E-state index contributed by atoms with van der Waals surface area (Å²) in [6.45, 7) is 3.31. The van der Waals surface area contributed by atoms with Crippen LogP contribution in [0.1, 0.15) is 29.9 Å². The van der Waals surface area contributed by atoms with Crippen LogP contribution in [0.2, 0.25) is 0 Å². The molecule has 100 valence electrons. The Kier molecular flexibility index (Phi) is 3.46. The molecule has 0 fully saturated rings. The summed E-state index contributed by atoms with van der Waals surface area (Å²) in [5.74, 6) is -1.59. The number of aryl methyl sites for hydroxylation is 1. The lowest BCUT2D eigenvalue weighted by atomic mass is 10.1. The first-order chi connectivity index (χ1) is 9.02. The second kappa shape index (κ2) is 5.05. The lowest BCUT2D eigenvalue weighted by molar-refractivity contribution is -0.138. The number of pyridine rings is 1. The van der Waals surface area contributed by atoms with Crippen molar-refractivity contribution < 1.29 is 19.2 Å². The van der Waals surface area contributed by atoms with Gasteiger partial charge in [0.05, 0.1) is 16.6 Å². The Labute approximate surface area is 108 Å². The van der Waals surface area contributed by atoms with E-state index in [-0.39, 0.29) is 5.56 Å². The average molecular weight is 263 g/mol. The number of carbonyl (C=O) groups is 2. The zero-order chi connectivity index (χ0) is 14.0.